The number of aromatic nitrogens is 3. The summed E-state index contributed by atoms with van der Waals surface area (Å²) in [5.41, 5.74) is 3.18. The summed E-state index contributed by atoms with van der Waals surface area (Å²) in [6.45, 7) is 6.20. The van der Waals surface area contributed by atoms with Crippen LogP contribution in [0.2, 0.25) is 0 Å². The molecule has 1 aliphatic carbocycles. The van der Waals surface area contributed by atoms with Crippen molar-refractivity contribution in [2.75, 3.05) is 29.1 Å². The third-order valence-electron chi connectivity index (χ3n) is 5.16. The van der Waals surface area contributed by atoms with E-state index in [9.17, 15) is 4.79 Å². The molecule has 1 aliphatic heterocycles. The Morgan fingerprint density at radius 1 is 1.23 bits per heavy atom. The van der Waals surface area contributed by atoms with Crippen molar-refractivity contribution in [3.8, 4) is 0 Å². The molecule has 1 N–H and O–H groups in total. The first kappa shape index (κ1) is 17.4. The number of carbonyl (C=O) groups is 1. The van der Waals surface area contributed by atoms with Gasteiger partial charge in [0, 0.05) is 24.8 Å². The number of hydrogen-bond donors (Lipinski definition) is 1. The largest absolute Gasteiger partial charge is 0.341 e. The SMILES string of the molecule is Cc1cccc(NC(=O)CSc2nnc(N3CCCC3)n2C2CC2)c1C. The van der Waals surface area contributed by atoms with Crippen LogP contribution in [0.1, 0.15) is 42.9 Å². The van der Waals surface area contributed by atoms with Gasteiger partial charge < -0.3 is 10.2 Å². The van der Waals surface area contributed by atoms with E-state index in [1.807, 2.05) is 19.1 Å². The number of nitrogens with one attached hydrogen (secondary N) is 1. The van der Waals surface area contributed by atoms with Gasteiger partial charge in [0.15, 0.2) is 5.16 Å². The summed E-state index contributed by atoms with van der Waals surface area (Å²) in [5.74, 6) is 1.33. The molecule has 0 radical (unpaired) electrons. The van der Waals surface area contributed by atoms with Crippen LogP contribution in [0.25, 0.3) is 0 Å². The van der Waals surface area contributed by atoms with E-state index in [0.29, 0.717) is 11.8 Å². The van der Waals surface area contributed by atoms with Gasteiger partial charge in [0.25, 0.3) is 0 Å². The van der Waals surface area contributed by atoms with Gasteiger partial charge in [0.2, 0.25) is 11.9 Å². The smallest absolute Gasteiger partial charge is 0.234 e. The predicted octanol–water partition coefficient (Wildman–Crippen LogP) is 3.56. The molecule has 0 atom stereocenters. The van der Waals surface area contributed by atoms with Crippen LogP contribution in [-0.4, -0.2) is 39.5 Å². The molecule has 0 bridgehead atoms. The Bertz CT molecular complexity index is 808. The molecule has 0 unspecified atom stereocenters. The lowest BCUT2D eigenvalue weighted by Gasteiger charge is -2.18. The zero-order valence-electron chi connectivity index (χ0n) is 15.4. The Balaban J connectivity index is 1.43. The molecule has 6 nitrogen and oxygen atoms in total. The van der Waals surface area contributed by atoms with Crippen molar-refractivity contribution in [3.05, 3.63) is 29.3 Å². The fraction of sp³-hybridized carbons (Fsp3) is 0.526. The van der Waals surface area contributed by atoms with Gasteiger partial charge in [-0.3, -0.25) is 9.36 Å². The summed E-state index contributed by atoms with van der Waals surface area (Å²) < 4.78 is 2.25. The Morgan fingerprint density at radius 2 is 2.00 bits per heavy atom. The van der Waals surface area contributed by atoms with E-state index in [2.05, 4.69) is 38.0 Å². The van der Waals surface area contributed by atoms with Crippen molar-refractivity contribution in [1.82, 2.24) is 14.8 Å². The first-order chi connectivity index (χ1) is 12.6. The Hall–Kier alpha value is -2.02. The van der Waals surface area contributed by atoms with Crippen molar-refractivity contribution in [2.24, 2.45) is 0 Å². The molecule has 1 aromatic carbocycles. The Morgan fingerprint density at radius 3 is 2.73 bits per heavy atom. The van der Waals surface area contributed by atoms with Crippen molar-refractivity contribution >= 4 is 29.3 Å². The number of anilines is 2. The van der Waals surface area contributed by atoms with Gasteiger partial charge in [-0.25, -0.2) is 0 Å². The number of hydrogen-bond acceptors (Lipinski definition) is 5. The van der Waals surface area contributed by atoms with Gasteiger partial charge in [-0.15, -0.1) is 10.2 Å². The zero-order valence-corrected chi connectivity index (χ0v) is 16.2. The third kappa shape index (κ3) is 3.58. The van der Waals surface area contributed by atoms with Crippen LogP contribution in [0.3, 0.4) is 0 Å². The number of nitrogens with zero attached hydrogens (tertiary/aromatic N) is 4. The normalized spacial score (nSPS) is 16.9. The molecule has 0 spiro atoms. The van der Waals surface area contributed by atoms with E-state index in [0.717, 1.165) is 35.4 Å². The maximum Gasteiger partial charge on any atom is 0.234 e. The molecule has 2 fully saturated rings. The summed E-state index contributed by atoms with van der Waals surface area (Å²) in [6.07, 6.45) is 4.80. The zero-order chi connectivity index (χ0) is 18.1. The Kier molecular flexibility index (Phi) is 4.89. The summed E-state index contributed by atoms with van der Waals surface area (Å²) in [6, 6.07) is 6.47. The van der Waals surface area contributed by atoms with Gasteiger partial charge in [-0.1, -0.05) is 23.9 Å². The summed E-state index contributed by atoms with van der Waals surface area (Å²) in [5, 5.41) is 12.7. The highest BCUT2D eigenvalue weighted by Crippen LogP contribution is 2.41. The minimum Gasteiger partial charge on any atom is -0.341 e. The van der Waals surface area contributed by atoms with Crippen molar-refractivity contribution in [2.45, 2.75) is 50.7 Å². The molecule has 4 rings (SSSR count). The van der Waals surface area contributed by atoms with E-state index < -0.39 is 0 Å². The van der Waals surface area contributed by atoms with Crippen LogP contribution in [-0.2, 0) is 4.79 Å². The third-order valence-corrected chi connectivity index (χ3v) is 6.10. The molecular weight excluding hydrogens is 346 g/mol. The molecule has 1 aromatic heterocycles. The molecule has 2 aromatic rings. The second kappa shape index (κ2) is 7.31. The van der Waals surface area contributed by atoms with E-state index >= 15 is 0 Å². The molecular formula is C19H25N5OS. The maximum absolute atomic E-state index is 12.4. The van der Waals surface area contributed by atoms with Crippen LogP contribution in [0.15, 0.2) is 23.4 Å². The standard InChI is InChI=1S/C19H25N5OS/c1-13-6-5-7-16(14(13)2)20-17(25)12-26-19-22-21-18(23-10-3-4-11-23)24(19)15-8-9-15/h5-7,15H,3-4,8-12H2,1-2H3,(H,20,25). The second-order valence-corrected chi connectivity index (χ2v) is 8.10. The average molecular weight is 372 g/mol. The van der Waals surface area contributed by atoms with Crippen LogP contribution < -0.4 is 10.2 Å². The molecule has 7 heteroatoms. The predicted molar refractivity (Wildman–Crippen MR) is 105 cm³/mol. The van der Waals surface area contributed by atoms with Gasteiger partial charge in [0.05, 0.1) is 5.75 Å². The first-order valence-corrected chi connectivity index (χ1v) is 10.3. The maximum atomic E-state index is 12.4. The van der Waals surface area contributed by atoms with Gasteiger partial charge >= 0.3 is 0 Å². The quantitative estimate of drug-likeness (QED) is 0.787. The second-order valence-electron chi connectivity index (χ2n) is 7.16. The molecule has 1 saturated heterocycles. The number of benzene rings is 1. The van der Waals surface area contributed by atoms with Crippen LogP contribution in [0.5, 0.6) is 0 Å². The van der Waals surface area contributed by atoms with Gasteiger partial charge in [-0.05, 0) is 56.7 Å². The highest BCUT2D eigenvalue weighted by Gasteiger charge is 2.32. The Labute approximate surface area is 158 Å². The van der Waals surface area contributed by atoms with E-state index in [1.54, 1.807) is 0 Å². The minimum absolute atomic E-state index is 0.00299. The number of amides is 1. The molecule has 1 amide bonds. The molecule has 1 saturated carbocycles. The van der Waals surface area contributed by atoms with E-state index in [-0.39, 0.29) is 5.91 Å². The van der Waals surface area contributed by atoms with Crippen molar-refractivity contribution in [1.29, 1.82) is 0 Å². The van der Waals surface area contributed by atoms with E-state index in [4.69, 9.17) is 0 Å². The van der Waals surface area contributed by atoms with Crippen LogP contribution in [0, 0.1) is 13.8 Å². The lowest BCUT2D eigenvalue weighted by atomic mass is 10.1. The summed E-state index contributed by atoms with van der Waals surface area (Å²) >= 11 is 1.48. The lowest BCUT2D eigenvalue weighted by molar-refractivity contribution is -0.113. The minimum atomic E-state index is -0.00299. The highest BCUT2D eigenvalue weighted by atomic mass is 32.2. The monoisotopic (exact) mass is 371 g/mol. The number of thioether (sulfide) groups is 1. The van der Waals surface area contributed by atoms with Crippen molar-refractivity contribution < 1.29 is 4.79 Å². The van der Waals surface area contributed by atoms with Crippen molar-refractivity contribution in [3.63, 3.8) is 0 Å². The molecule has 2 heterocycles. The average Bonchev–Trinajstić information content (AvgIpc) is 3.16. The fourth-order valence-electron chi connectivity index (χ4n) is 3.36. The topological polar surface area (TPSA) is 63.1 Å². The molecule has 2 aliphatic rings. The first-order valence-electron chi connectivity index (χ1n) is 9.32. The summed E-state index contributed by atoms with van der Waals surface area (Å²) in [4.78, 5) is 14.7. The number of carbonyl (C=O) groups excluding carboxylic acids is 1. The fourth-order valence-corrected chi connectivity index (χ4v) is 4.16. The number of rotatable bonds is 6. The highest BCUT2D eigenvalue weighted by molar-refractivity contribution is 7.99. The van der Waals surface area contributed by atoms with Crippen LogP contribution in [0.4, 0.5) is 11.6 Å². The van der Waals surface area contributed by atoms with Gasteiger partial charge in [0.1, 0.15) is 0 Å². The molecule has 138 valence electrons. The van der Waals surface area contributed by atoms with Crippen LogP contribution >= 0.6 is 11.8 Å². The molecule has 26 heavy (non-hydrogen) atoms. The summed E-state index contributed by atoms with van der Waals surface area (Å²) in [7, 11) is 0. The van der Waals surface area contributed by atoms with Gasteiger partial charge in [-0.2, -0.15) is 0 Å². The van der Waals surface area contributed by atoms with E-state index in [1.165, 1.54) is 43.0 Å². The number of aryl methyl sites for hydroxylation is 1. The lowest BCUT2D eigenvalue weighted by Crippen LogP contribution is -2.22.